The Morgan fingerprint density at radius 2 is 2.04 bits per heavy atom. The molecule has 4 nitrogen and oxygen atoms in total. The second-order valence-electron chi connectivity index (χ2n) is 5.24. The van der Waals surface area contributed by atoms with Crippen molar-refractivity contribution in [1.82, 2.24) is 4.90 Å². The van der Waals surface area contributed by atoms with Gasteiger partial charge in [-0.15, -0.1) is 0 Å². The molecular formula is C18H20ClNO3. The van der Waals surface area contributed by atoms with Gasteiger partial charge in [0.25, 0.3) is 5.91 Å². The van der Waals surface area contributed by atoms with Crippen LogP contribution in [0.1, 0.15) is 22.8 Å². The van der Waals surface area contributed by atoms with Crippen molar-refractivity contribution in [1.29, 1.82) is 0 Å². The summed E-state index contributed by atoms with van der Waals surface area (Å²) in [6.07, 6.45) is 0.808. The van der Waals surface area contributed by atoms with Gasteiger partial charge in [0.2, 0.25) is 0 Å². The molecule has 5 heteroatoms. The SMILES string of the molecule is CCc1ccc(O)c(C(=O)N(C)CCOc2cccc(Cl)c2)c1. The van der Waals surface area contributed by atoms with E-state index in [1.54, 1.807) is 37.4 Å². The van der Waals surface area contributed by atoms with Crippen LogP contribution in [-0.2, 0) is 6.42 Å². The summed E-state index contributed by atoms with van der Waals surface area (Å²) in [5.74, 6) is 0.427. The fourth-order valence-corrected chi connectivity index (χ4v) is 2.32. The molecule has 0 aromatic heterocycles. The number of rotatable bonds is 6. The van der Waals surface area contributed by atoms with Gasteiger partial charge in [-0.3, -0.25) is 4.79 Å². The summed E-state index contributed by atoms with van der Waals surface area (Å²) < 4.78 is 5.58. The summed E-state index contributed by atoms with van der Waals surface area (Å²) in [5, 5.41) is 10.5. The number of hydrogen-bond donors (Lipinski definition) is 1. The van der Waals surface area contributed by atoms with E-state index in [0.29, 0.717) is 29.5 Å². The quantitative estimate of drug-likeness (QED) is 0.875. The summed E-state index contributed by atoms with van der Waals surface area (Å²) in [6.45, 7) is 2.75. The van der Waals surface area contributed by atoms with Crippen LogP contribution in [0.25, 0.3) is 0 Å². The van der Waals surface area contributed by atoms with Crippen LogP contribution < -0.4 is 4.74 Å². The van der Waals surface area contributed by atoms with Crippen LogP contribution in [0.5, 0.6) is 11.5 Å². The molecular weight excluding hydrogens is 314 g/mol. The number of benzene rings is 2. The Balaban J connectivity index is 1.95. The van der Waals surface area contributed by atoms with E-state index in [4.69, 9.17) is 16.3 Å². The maximum absolute atomic E-state index is 12.4. The molecule has 2 aromatic rings. The van der Waals surface area contributed by atoms with E-state index in [-0.39, 0.29) is 11.7 Å². The van der Waals surface area contributed by atoms with Crippen LogP contribution in [0.3, 0.4) is 0 Å². The normalized spacial score (nSPS) is 10.4. The number of halogens is 1. The topological polar surface area (TPSA) is 49.8 Å². The lowest BCUT2D eigenvalue weighted by Crippen LogP contribution is -2.31. The Bertz CT molecular complexity index is 688. The fourth-order valence-electron chi connectivity index (χ4n) is 2.14. The van der Waals surface area contributed by atoms with Gasteiger partial charge in [0.15, 0.2) is 0 Å². The van der Waals surface area contributed by atoms with Gasteiger partial charge in [-0.1, -0.05) is 30.7 Å². The molecule has 0 saturated heterocycles. The van der Waals surface area contributed by atoms with Crippen molar-refractivity contribution < 1.29 is 14.6 Å². The van der Waals surface area contributed by atoms with Crippen molar-refractivity contribution in [2.45, 2.75) is 13.3 Å². The molecule has 122 valence electrons. The number of phenolic OH excluding ortho intramolecular Hbond substituents is 1. The summed E-state index contributed by atoms with van der Waals surface area (Å²) in [4.78, 5) is 13.9. The predicted octanol–water partition coefficient (Wildman–Crippen LogP) is 3.76. The molecule has 0 unspecified atom stereocenters. The second-order valence-corrected chi connectivity index (χ2v) is 5.67. The van der Waals surface area contributed by atoms with Gasteiger partial charge in [-0.25, -0.2) is 0 Å². The first kappa shape index (κ1) is 17.2. The van der Waals surface area contributed by atoms with E-state index in [9.17, 15) is 9.90 Å². The van der Waals surface area contributed by atoms with Crippen molar-refractivity contribution in [3.8, 4) is 11.5 Å². The third-order valence-corrected chi connectivity index (χ3v) is 3.77. The first-order chi connectivity index (χ1) is 11.0. The third-order valence-electron chi connectivity index (χ3n) is 3.54. The molecule has 0 fully saturated rings. The Morgan fingerprint density at radius 3 is 2.74 bits per heavy atom. The molecule has 2 aromatic carbocycles. The van der Waals surface area contributed by atoms with Gasteiger partial charge in [-0.05, 0) is 42.3 Å². The van der Waals surface area contributed by atoms with E-state index in [0.717, 1.165) is 12.0 Å². The van der Waals surface area contributed by atoms with E-state index < -0.39 is 0 Å². The molecule has 23 heavy (non-hydrogen) atoms. The molecule has 0 radical (unpaired) electrons. The van der Waals surface area contributed by atoms with E-state index >= 15 is 0 Å². The number of aryl methyl sites for hydroxylation is 1. The van der Waals surface area contributed by atoms with Gasteiger partial charge in [0.1, 0.15) is 18.1 Å². The van der Waals surface area contributed by atoms with Crippen molar-refractivity contribution >= 4 is 17.5 Å². The Morgan fingerprint density at radius 1 is 1.26 bits per heavy atom. The van der Waals surface area contributed by atoms with Crippen molar-refractivity contribution in [3.05, 3.63) is 58.6 Å². The molecule has 0 atom stereocenters. The lowest BCUT2D eigenvalue weighted by Gasteiger charge is -2.18. The Kier molecular flexibility index (Phi) is 5.88. The summed E-state index contributed by atoms with van der Waals surface area (Å²) in [5.41, 5.74) is 1.32. The number of ether oxygens (including phenoxy) is 1. The zero-order chi connectivity index (χ0) is 16.8. The van der Waals surface area contributed by atoms with Crippen molar-refractivity contribution in [3.63, 3.8) is 0 Å². The molecule has 0 bridgehead atoms. The lowest BCUT2D eigenvalue weighted by atomic mass is 10.1. The minimum Gasteiger partial charge on any atom is -0.507 e. The Labute approximate surface area is 141 Å². The Hall–Kier alpha value is -2.20. The number of nitrogens with zero attached hydrogens (tertiary/aromatic N) is 1. The molecule has 0 aliphatic carbocycles. The fraction of sp³-hybridized carbons (Fsp3) is 0.278. The van der Waals surface area contributed by atoms with Crippen LogP contribution in [0.2, 0.25) is 5.02 Å². The van der Waals surface area contributed by atoms with Gasteiger partial charge in [-0.2, -0.15) is 0 Å². The molecule has 2 rings (SSSR count). The molecule has 0 saturated carbocycles. The number of hydrogen-bond acceptors (Lipinski definition) is 3. The van der Waals surface area contributed by atoms with Crippen molar-refractivity contribution in [2.24, 2.45) is 0 Å². The second kappa shape index (κ2) is 7.88. The number of amides is 1. The summed E-state index contributed by atoms with van der Waals surface area (Å²) in [6, 6.07) is 12.2. The highest BCUT2D eigenvalue weighted by Crippen LogP contribution is 2.21. The van der Waals surface area contributed by atoms with E-state index in [1.165, 1.54) is 4.90 Å². The minimum atomic E-state index is -0.229. The average Bonchev–Trinajstić information content (AvgIpc) is 2.54. The smallest absolute Gasteiger partial charge is 0.257 e. The first-order valence-corrected chi connectivity index (χ1v) is 7.84. The maximum Gasteiger partial charge on any atom is 0.257 e. The third kappa shape index (κ3) is 4.63. The highest BCUT2D eigenvalue weighted by Gasteiger charge is 2.16. The molecule has 0 heterocycles. The number of carbonyl (C=O) groups is 1. The van der Waals surface area contributed by atoms with Crippen LogP contribution >= 0.6 is 11.6 Å². The molecule has 1 amide bonds. The van der Waals surface area contributed by atoms with Gasteiger partial charge in [0.05, 0.1) is 12.1 Å². The number of phenols is 1. The van der Waals surface area contributed by atoms with Gasteiger partial charge < -0.3 is 14.7 Å². The first-order valence-electron chi connectivity index (χ1n) is 7.47. The summed E-state index contributed by atoms with van der Waals surface area (Å²) in [7, 11) is 1.68. The lowest BCUT2D eigenvalue weighted by molar-refractivity contribution is 0.0770. The van der Waals surface area contributed by atoms with Gasteiger partial charge >= 0.3 is 0 Å². The largest absolute Gasteiger partial charge is 0.507 e. The van der Waals surface area contributed by atoms with Crippen LogP contribution in [0, 0.1) is 0 Å². The van der Waals surface area contributed by atoms with Crippen LogP contribution in [-0.4, -0.2) is 36.1 Å². The molecule has 1 N–H and O–H groups in total. The zero-order valence-electron chi connectivity index (χ0n) is 13.3. The highest BCUT2D eigenvalue weighted by molar-refractivity contribution is 6.30. The number of aromatic hydroxyl groups is 1. The number of likely N-dealkylation sites (N-methyl/N-ethyl adjacent to an activating group) is 1. The molecule has 0 spiro atoms. The van der Waals surface area contributed by atoms with E-state index in [2.05, 4.69) is 0 Å². The van der Waals surface area contributed by atoms with Crippen molar-refractivity contribution in [2.75, 3.05) is 20.2 Å². The molecule has 0 aliphatic rings. The summed E-state index contributed by atoms with van der Waals surface area (Å²) >= 11 is 5.89. The monoisotopic (exact) mass is 333 g/mol. The highest BCUT2D eigenvalue weighted by atomic mass is 35.5. The predicted molar refractivity (Wildman–Crippen MR) is 91.4 cm³/mol. The average molecular weight is 334 g/mol. The maximum atomic E-state index is 12.4. The van der Waals surface area contributed by atoms with Crippen LogP contribution in [0.4, 0.5) is 0 Å². The molecule has 0 aliphatic heterocycles. The zero-order valence-corrected chi connectivity index (χ0v) is 14.0. The number of carbonyl (C=O) groups excluding carboxylic acids is 1. The van der Waals surface area contributed by atoms with E-state index in [1.807, 2.05) is 19.1 Å². The standard InChI is InChI=1S/C18H20ClNO3/c1-3-13-7-8-17(21)16(11-13)18(22)20(2)9-10-23-15-6-4-5-14(19)12-15/h4-8,11-12,21H,3,9-10H2,1-2H3. The van der Waals surface area contributed by atoms with Crippen LogP contribution in [0.15, 0.2) is 42.5 Å². The van der Waals surface area contributed by atoms with Gasteiger partial charge in [0, 0.05) is 12.1 Å². The minimum absolute atomic E-state index is 0.00481.